The van der Waals surface area contributed by atoms with Crippen LogP contribution in [0.1, 0.15) is 12.0 Å². The Labute approximate surface area is 147 Å². The predicted molar refractivity (Wildman–Crippen MR) is 94.7 cm³/mol. The summed E-state index contributed by atoms with van der Waals surface area (Å²) in [7, 11) is 1.55. The molecule has 0 saturated heterocycles. The van der Waals surface area contributed by atoms with Crippen LogP contribution in [0.4, 0.5) is 0 Å². The zero-order valence-electron chi connectivity index (χ0n) is 12.9. The third-order valence-corrected chi connectivity index (χ3v) is 4.19. The van der Waals surface area contributed by atoms with Gasteiger partial charge in [0.15, 0.2) is 17.3 Å². The number of rotatable bonds is 3. The third-order valence-electron chi connectivity index (χ3n) is 3.64. The van der Waals surface area contributed by atoms with Gasteiger partial charge in [0.1, 0.15) is 0 Å². The molecule has 1 aromatic carbocycles. The largest absolute Gasteiger partial charge is 0.454 e. The number of aliphatic imine (C=N–C) groups is 1. The predicted octanol–water partition coefficient (Wildman–Crippen LogP) is 3.25. The minimum absolute atomic E-state index is 0.0909. The Morgan fingerprint density at radius 1 is 1.29 bits per heavy atom. The van der Waals surface area contributed by atoms with Crippen molar-refractivity contribution in [2.45, 2.75) is 6.42 Å². The van der Waals surface area contributed by atoms with Gasteiger partial charge in [0, 0.05) is 18.0 Å². The minimum Gasteiger partial charge on any atom is -0.454 e. The smallest absolute Gasteiger partial charge is 0.231 e. The lowest BCUT2D eigenvalue weighted by atomic mass is 10.0. The summed E-state index contributed by atoms with van der Waals surface area (Å²) < 4.78 is 11.2. The Balaban J connectivity index is 1.83. The van der Waals surface area contributed by atoms with Gasteiger partial charge < -0.3 is 9.47 Å². The van der Waals surface area contributed by atoms with Gasteiger partial charge in [-0.3, -0.25) is 14.6 Å². The fourth-order valence-electron chi connectivity index (χ4n) is 2.36. The summed E-state index contributed by atoms with van der Waals surface area (Å²) in [5.74, 6) is 0.605. The number of nitrogens with zero attached hydrogens (tertiary/aromatic N) is 1. The second-order valence-corrected chi connectivity index (χ2v) is 6.08. The van der Waals surface area contributed by atoms with Gasteiger partial charge in [-0.15, -0.1) is 0 Å². The van der Waals surface area contributed by atoms with E-state index in [9.17, 15) is 9.59 Å². The molecule has 3 rings (SSSR count). The number of fused-ring (bicyclic) bond motifs is 1. The van der Waals surface area contributed by atoms with Gasteiger partial charge in [0.2, 0.25) is 12.6 Å². The molecule has 2 aliphatic rings. The Bertz CT molecular complexity index is 833. The SMILES string of the molecule is CN=C1CC=C(Br)C=C(C(=O)/C=C/c2ccc3c(c2)OCO3)C1=O. The van der Waals surface area contributed by atoms with E-state index in [4.69, 9.17) is 9.47 Å². The maximum Gasteiger partial charge on any atom is 0.231 e. The summed E-state index contributed by atoms with van der Waals surface area (Å²) in [6, 6.07) is 5.38. The van der Waals surface area contributed by atoms with E-state index in [1.807, 2.05) is 12.1 Å². The molecule has 0 aromatic heterocycles. The highest BCUT2D eigenvalue weighted by Gasteiger charge is 2.23. The van der Waals surface area contributed by atoms with Gasteiger partial charge in [-0.2, -0.15) is 0 Å². The van der Waals surface area contributed by atoms with Gasteiger partial charge >= 0.3 is 0 Å². The number of benzene rings is 1. The highest BCUT2D eigenvalue weighted by molar-refractivity contribution is 9.11. The van der Waals surface area contributed by atoms with Crippen molar-refractivity contribution >= 4 is 39.3 Å². The van der Waals surface area contributed by atoms with Gasteiger partial charge in [0.05, 0.1) is 11.3 Å². The minimum atomic E-state index is -0.369. The second kappa shape index (κ2) is 6.97. The Kier molecular flexibility index (Phi) is 4.76. The van der Waals surface area contributed by atoms with Crippen molar-refractivity contribution in [1.82, 2.24) is 0 Å². The lowest BCUT2D eigenvalue weighted by Gasteiger charge is -2.02. The number of halogens is 1. The van der Waals surface area contributed by atoms with Crippen molar-refractivity contribution in [1.29, 1.82) is 0 Å². The number of allylic oxidation sites excluding steroid dienone is 5. The molecule has 0 bridgehead atoms. The van der Waals surface area contributed by atoms with Crippen LogP contribution < -0.4 is 9.47 Å². The summed E-state index contributed by atoms with van der Waals surface area (Å²) in [6.07, 6.45) is 6.76. The van der Waals surface area contributed by atoms with Crippen LogP contribution in [0.3, 0.4) is 0 Å². The van der Waals surface area contributed by atoms with E-state index in [-0.39, 0.29) is 23.9 Å². The number of Topliss-reactive ketones (excluding diaryl/α,β-unsaturated/α-hetero) is 1. The topological polar surface area (TPSA) is 65.0 Å². The summed E-state index contributed by atoms with van der Waals surface area (Å²) in [5.41, 5.74) is 1.24. The van der Waals surface area contributed by atoms with E-state index in [0.717, 1.165) is 5.56 Å². The zero-order chi connectivity index (χ0) is 17.1. The first kappa shape index (κ1) is 16.4. The van der Waals surface area contributed by atoms with Crippen LogP contribution in [0.15, 0.2) is 51.5 Å². The maximum atomic E-state index is 12.4. The number of carbonyl (C=O) groups is 2. The Morgan fingerprint density at radius 2 is 2.08 bits per heavy atom. The first-order valence-corrected chi connectivity index (χ1v) is 8.07. The molecule has 24 heavy (non-hydrogen) atoms. The number of carbonyl (C=O) groups excluding carboxylic acids is 2. The number of hydrogen-bond acceptors (Lipinski definition) is 5. The van der Waals surface area contributed by atoms with Crippen molar-refractivity contribution in [3.8, 4) is 11.5 Å². The molecule has 1 heterocycles. The fraction of sp³-hybridized carbons (Fsp3) is 0.167. The lowest BCUT2D eigenvalue weighted by molar-refractivity contribution is -0.116. The fourth-order valence-corrected chi connectivity index (χ4v) is 2.75. The summed E-state index contributed by atoms with van der Waals surface area (Å²) in [4.78, 5) is 28.8. The van der Waals surface area contributed by atoms with Crippen LogP contribution in [0.25, 0.3) is 6.08 Å². The van der Waals surface area contributed by atoms with Gasteiger partial charge in [-0.25, -0.2) is 0 Å². The first-order valence-electron chi connectivity index (χ1n) is 7.28. The second-order valence-electron chi connectivity index (χ2n) is 5.16. The van der Waals surface area contributed by atoms with Crippen molar-refractivity contribution in [3.63, 3.8) is 0 Å². The molecule has 1 aromatic rings. The van der Waals surface area contributed by atoms with E-state index >= 15 is 0 Å². The molecule has 0 amide bonds. The normalized spacial score (nSPS) is 18.6. The molecule has 0 saturated carbocycles. The molecule has 5 nitrogen and oxygen atoms in total. The third kappa shape index (κ3) is 3.38. The van der Waals surface area contributed by atoms with E-state index in [1.165, 1.54) is 12.2 Å². The number of hydrogen-bond donors (Lipinski definition) is 0. The van der Waals surface area contributed by atoms with Crippen LogP contribution in [-0.4, -0.2) is 31.1 Å². The van der Waals surface area contributed by atoms with Crippen molar-refractivity contribution in [2.24, 2.45) is 4.99 Å². The monoisotopic (exact) mass is 387 g/mol. The molecule has 0 fully saturated rings. The summed E-state index contributed by atoms with van der Waals surface area (Å²) in [5, 5.41) is 0. The molecule has 0 N–H and O–H groups in total. The van der Waals surface area contributed by atoms with Crippen LogP contribution in [-0.2, 0) is 9.59 Å². The molecule has 1 aliphatic heterocycles. The van der Waals surface area contributed by atoms with E-state index in [1.54, 1.807) is 25.3 Å². The van der Waals surface area contributed by atoms with Gasteiger partial charge in [-0.1, -0.05) is 34.1 Å². The van der Waals surface area contributed by atoms with E-state index in [2.05, 4.69) is 20.9 Å². The zero-order valence-corrected chi connectivity index (χ0v) is 14.5. The molecule has 0 radical (unpaired) electrons. The van der Waals surface area contributed by atoms with Crippen LogP contribution in [0.5, 0.6) is 11.5 Å². The molecule has 0 spiro atoms. The average molecular weight is 388 g/mol. The standard InChI is InChI=1S/C18H14BrNO4/c1-20-14-5-4-12(19)9-13(18(14)22)15(21)6-2-11-3-7-16-17(8-11)24-10-23-16/h2-4,6-9H,5,10H2,1H3/b6-2+,20-14?. The van der Waals surface area contributed by atoms with Gasteiger partial charge in [0.25, 0.3) is 0 Å². The molecule has 122 valence electrons. The molecular weight excluding hydrogens is 374 g/mol. The maximum absolute atomic E-state index is 12.4. The van der Waals surface area contributed by atoms with Gasteiger partial charge in [-0.05, 0) is 29.8 Å². The van der Waals surface area contributed by atoms with E-state index < -0.39 is 0 Å². The first-order chi connectivity index (χ1) is 11.6. The highest BCUT2D eigenvalue weighted by atomic mass is 79.9. The summed E-state index contributed by atoms with van der Waals surface area (Å²) in [6.45, 7) is 0.197. The summed E-state index contributed by atoms with van der Waals surface area (Å²) >= 11 is 3.33. The molecule has 0 atom stereocenters. The van der Waals surface area contributed by atoms with Crippen molar-refractivity contribution in [3.05, 3.63) is 52.0 Å². The van der Waals surface area contributed by atoms with Crippen LogP contribution in [0.2, 0.25) is 0 Å². The lowest BCUT2D eigenvalue weighted by Crippen LogP contribution is -2.19. The van der Waals surface area contributed by atoms with E-state index in [0.29, 0.717) is 28.1 Å². The molecule has 0 unspecified atom stereocenters. The average Bonchev–Trinajstić information content (AvgIpc) is 2.99. The van der Waals surface area contributed by atoms with Crippen molar-refractivity contribution in [2.75, 3.05) is 13.8 Å². The van der Waals surface area contributed by atoms with Crippen molar-refractivity contribution < 1.29 is 19.1 Å². The Hall–Kier alpha value is -2.47. The number of ether oxygens (including phenoxy) is 2. The Morgan fingerprint density at radius 3 is 2.88 bits per heavy atom. The molecule has 1 aliphatic carbocycles. The highest BCUT2D eigenvalue weighted by Crippen LogP contribution is 2.32. The number of ketones is 2. The van der Waals surface area contributed by atoms with Crippen LogP contribution >= 0.6 is 15.9 Å². The quantitative estimate of drug-likeness (QED) is 0.589. The molecular formula is C18H14BrNO4. The van der Waals surface area contributed by atoms with Crippen LogP contribution in [0, 0.1) is 0 Å². The molecule has 6 heteroatoms.